The van der Waals surface area contributed by atoms with Gasteiger partial charge in [-0.3, -0.25) is 0 Å². The highest BCUT2D eigenvalue weighted by atomic mass is 16.5. The summed E-state index contributed by atoms with van der Waals surface area (Å²) in [5, 5.41) is 1.20. The summed E-state index contributed by atoms with van der Waals surface area (Å²) in [4.78, 5) is 0. The Bertz CT molecular complexity index is 802. The smallest absolute Gasteiger partial charge is 0.120 e. The van der Waals surface area contributed by atoms with Gasteiger partial charge in [-0.15, -0.1) is 0 Å². The van der Waals surface area contributed by atoms with Gasteiger partial charge in [-0.25, -0.2) is 0 Å². The third-order valence-electron chi connectivity index (χ3n) is 3.88. The van der Waals surface area contributed by atoms with E-state index in [1.165, 1.54) is 16.5 Å². The molecule has 3 aromatic rings. The van der Waals surface area contributed by atoms with Crippen molar-refractivity contribution >= 4 is 16.6 Å². The topological polar surface area (TPSA) is 40.2 Å². The van der Waals surface area contributed by atoms with Gasteiger partial charge in [0.15, 0.2) is 0 Å². The molecule has 0 aliphatic carbocycles. The van der Waals surface area contributed by atoms with E-state index in [-0.39, 0.29) is 0 Å². The van der Waals surface area contributed by atoms with Crippen LogP contribution in [0.25, 0.3) is 10.9 Å². The van der Waals surface area contributed by atoms with Crippen LogP contribution in [-0.4, -0.2) is 4.57 Å². The summed E-state index contributed by atoms with van der Waals surface area (Å²) in [7, 11) is 0. The van der Waals surface area contributed by atoms with E-state index in [2.05, 4.69) is 49.7 Å². The summed E-state index contributed by atoms with van der Waals surface area (Å²) < 4.78 is 8.21. The summed E-state index contributed by atoms with van der Waals surface area (Å²) in [5.41, 5.74) is 10.3. The molecule has 3 rings (SSSR count). The quantitative estimate of drug-likeness (QED) is 0.709. The van der Waals surface area contributed by atoms with Crippen LogP contribution < -0.4 is 10.5 Å². The van der Waals surface area contributed by atoms with Crippen LogP contribution >= 0.6 is 0 Å². The lowest BCUT2D eigenvalue weighted by atomic mass is 10.1. The van der Waals surface area contributed by atoms with Crippen LogP contribution in [0.1, 0.15) is 31.0 Å². The van der Waals surface area contributed by atoms with Gasteiger partial charge >= 0.3 is 0 Å². The second-order valence-corrected chi connectivity index (χ2v) is 6.04. The molecule has 0 bridgehead atoms. The zero-order valence-electron chi connectivity index (χ0n) is 13.3. The van der Waals surface area contributed by atoms with Gasteiger partial charge in [-0.1, -0.05) is 18.2 Å². The standard InChI is InChI=1S/C19H22N2O/c1-13(2)21-11-15(18-8-7-16(20)10-19(18)21)12-22-17-6-4-5-14(3)9-17/h4-11,13H,12,20H2,1-3H3. The third-order valence-corrected chi connectivity index (χ3v) is 3.88. The highest BCUT2D eigenvalue weighted by molar-refractivity contribution is 5.86. The first-order chi connectivity index (χ1) is 10.5. The number of aromatic nitrogens is 1. The summed E-state index contributed by atoms with van der Waals surface area (Å²) >= 11 is 0. The first kappa shape index (κ1) is 14.5. The first-order valence-electron chi connectivity index (χ1n) is 7.63. The van der Waals surface area contributed by atoms with Gasteiger partial charge in [-0.2, -0.15) is 0 Å². The largest absolute Gasteiger partial charge is 0.489 e. The van der Waals surface area contributed by atoms with Crippen LogP contribution in [0.2, 0.25) is 0 Å². The Labute approximate surface area is 131 Å². The Morgan fingerprint density at radius 3 is 2.68 bits per heavy atom. The van der Waals surface area contributed by atoms with Crippen molar-refractivity contribution in [2.45, 2.75) is 33.4 Å². The average Bonchev–Trinajstić information content (AvgIpc) is 2.83. The van der Waals surface area contributed by atoms with Crippen molar-refractivity contribution in [3.63, 3.8) is 0 Å². The zero-order chi connectivity index (χ0) is 15.7. The fourth-order valence-electron chi connectivity index (χ4n) is 2.75. The van der Waals surface area contributed by atoms with Gasteiger partial charge in [0.2, 0.25) is 0 Å². The predicted octanol–water partition coefficient (Wildman–Crippen LogP) is 4.69. The van der Waals surface area contributed by atoms with Crippen LogP contribution in [0.15, 0.2) is 48.7 Å². The molecule has 3 nitrogen and oxygen atoms in total. The van der Waals surface area contributed by atoms with Crippen LogP contribution in [0.5, 0.6) is 5.75 Å². The molecule has 0 fully saturated rings. The molecule has 3 heteroatoms. The number of nitrogens with two attached hydrogens (primary N) is 1. The van der Waals surface area contributed by atoms with E-state index >= 15 is 0 Å². The zero-order valence-corrected chi connectivity index (χ0v) is 13.3. The van der Waals surface area contributed by atoms with E-state index in [1.54, 1.807) is 0 Å². The molecule has 1 heterocycles. The van der Waals surface area contributed by atoms with Crippen LogP contribution in [0.3, 0.4) is 0 Å². The van der Waals surface area contributed by atoms with Gasteiger partial charge in [-0.05, 0) is 50.6 Å². The normalized spacial score (nSPS) is 11.3. The van der Waals surface area contributed by atoms with Crippen molar-refractivity contribution in [2.24, 2.45) is 0 Å². The van der Waals surface area contributed by atoms with E-state index < -0.39 is 0 Å². The molecule has 0 aliphatic heterocycles. The molecule has 1 aromatic heterocycles. The Balaban J connectivity index is 1.93. The number of benzene rings is 2. The van der Waals surface area contributed by atoms with Crippen molar-refractivity contribution in [1.29, 1.82) is 0 Å². The minimum atomic E-state index is 0.386. The number of hydrogen-bond donors (Lipinski definition) is 1. The molecule has 2 N–H and O–H groups in total. The number of aryl methyl sites for hydroxylation is 1. The molecule has 2 aromatic carbocycles. The minimum Gasteiger partial charge on any atom is -0.489 e. The Kier molecular flexibility index (Phi) is 3.80. The predicted molar refractivity (Wildman–Crippen MR) is 92.2 cm³/mol. The second kappa shape index (κ2) is 5.76. The molecule has 22 heavy (non-hydrogen) atoms. The molecule has 114 valence electrons. The van der Waals surface area contributed by atoms with Crippen molar-refractivity contribution in [3.05, 3.63) is 59.8 Å². The van der Waals surface area contributed by atoms with Gasteiger partial charge in [0.05, 0.1) is 5.52 Å². The molecule has 0 unspecified atom stereocenters. The number of nitrogen functional groups attached to an aromatic ring is 1. The summed E-state index contributed by atoms with van der Waals surface area (Å²) in [5.74, 6) is 0.904. The summed E-state index contributed by atoms with van der Waals surface area (Å²) in [6.45, 7) is 6.98. The van der Waals surface area contributed by atoms with Crippen molar-refractivity contribution in [3.8, 4) is 5.75 Å². The number of rotatable bonds is 4. The SMILES string of the molecule is Cc1cccc(OCc2cn(C(C)C)c3cc(N)ccc23)c1. The molecular weight excluding hydrogens is 272 g/mol. The molecule has 0 spiro atoms. The number of anilines is 1. The monoisotopic (exact) mass is 294 g/mol. The molecule has 0 aliphatic rings. The number of ether oxygens (including phenoxy) is 1. The van der Waals surface area contributed by atoms with Gasteiger partial charge in [0, 0.05) is 28.9 Å². The molecule has 0 saturated heterocycles. The van der Waals surface area contributed by atoms with E-state index in [1.807, 2.05) is 24.3 Å². The molecular formula is C19H22N2O. The highest BCUT2D eigenvalue weighted by Gasteiger charge is 2.11. The molecule has 0 atom stereocenters. The lowest BCUT2D eigenvalue weighted by Crippen LogP contribution is -1.99. The van der Waals surface area contributed by atoms with E-state index in [0.29, 0.717) is 12.6 Å². The van der Waals surface area contributed by atoms with Crippen molar-refractivity contribution < 1.29 is 4.74 Å². The Morgan fingerprint density at radius 1 is 1.14 bits per heavy atom. The molecule has 0 saturated carbocycles. The maximum Gasteiger partial charge on any atom is 0.120 e. The second-order valence-electron chi connectivity index (χ2n) is 6.04. The number of nitrogens with zero attached hydrogens (tertiary/aromatic N) is 1. The summed E-state index contributed by atoms with van der Waals surface area (Å²) in [6, 6.07) is 14.6. The molecule has 0 radical (unpaired) electrons. The third kappa shape index (κ3) is 2.80. The van der Waals surface area contributed by atoms with Crippen molar-refractivity contribution in [1.82, 2.24) is 4.57 Å². The fraction of sp³-hybridized carbons (Fsp3) is 0.263. The van der Waals surface area contributed by atoms with Gasteiger partial charge in [0.25, 0.3) is 0 Å². The lowest BCUT2D eigenvalue weighted by molar-refractivity contribution is 0.307. The summed E-state index contributed by atoms with van der Waals surface area (Å²) in [6.07, 6.45) is 2.17. The Hall–Kier alpha value is -2.42. The van der Waals surface area contributed by atoms with Crippen LogP contribution in [-0.2, 0) is 6.61 Å². The van der Waals surface area contributed by atoms with Crippen molar-refractivity contribution in [2.75, 3.05) is 5.73 Å². The maximum absolute atomic E-state index is 5.96. The maximum atomic E-state index is 5.96. The van der Waals surface area contributed by atoms with E-state index in [0.717, 1.165) is 17.0 Å². The van der Waals surface area contributed by atoms with Gasteiger partial charge < -0.3 is 15.0 Å². The van der Waals surface area contributed by atoms with E-state index in [4.69, 9.17) is 10.5 Å². The fourth-order valence-corrected chi connectivity index (χ4v) is 2.75. The van der Waals surface area contributed by atoms with E-state index in [9.17, 15) is 0 Å². The van der Waals surface area contributed by atoms with Crippen LogP contribution in [0, 0.1) is 6.92 Å². The average molecular weight is 294 g/mol. The van der Waals surface area contributed by atoms with Crippen LogP contribution in [0.4, 0.5) is 5.69 Å². The minimum absolute atomic E-state index is 0.386. The highest BCUT2D eigenvalue weighted by Crippen LogP contribution is 2.27. The molecule has 0 amide bonds. The first-order valence-corrected chi connectivity index (χ1v) is 7.63. The number of fused-ring (bicyclic) bond motifs is 1. The number of hydrogen-bond acceptors (Lipinski definition) is 2. The lowest BCUT2D eigenvalue weighted by Gasteiger charge is -2.09. The van der Waals surface area contributed by atoms with Gasteiger partial charge in [0.1, 0.15) is 12.4 Å². The Morgan fingerprint density at radius 2 is 1.95 bits per heavy atom.